The molecular formula is C21H25NO3. The Morgan fingerprint density at radius 2 is 1.96 bits per heavy atom. The number of carbonyl (C=O) groups is 1. The van der Waals surface area contributed by atoms with Crippen LogP contribution >= 0.6 is 0 Å². The zero-order chi connectivity index (χ0) is 17.6. The number of ether oxygens (including phenoxy) is 1. The fraction of sp³-hybridized carbons (Fsp3) is 0.381. The number of benzene rings is 2. The average molecular weight is 339 g/mol. The van der Waals surface area contributed by atoms with Crippen molar-refractivity contribution in [2.45, 2.75) is 31.7 Å². The normalized spacial score (nSPS) is 17.5. The van der Waals surface area contributed by atoms with Gasteiger partial charge in [-0.25, -0.2) is 0 Å². The van der Waals surface area contributed by atoms with E-state index in [1.807, 2.05) is 35.2 Å². The van der Waals surface area contributed by atoms with Gasteiger partial charge in [0.2, 0.25) is 0 Å². The number of nitrogens with zero attached hydrogens (tertiary/aromatic N) is 1. The Kier molecular flexibility index (Phi) is 5.71. The van der Waals surface area contributed by atoms with Crippen molar-refractivity contribution in [2.75, 3.05) is 20.3 Å². The first-order valence-electron chi connectivity index (χ1n) is 8.85. The number of phenolic OH excluding ortho intramolecular Hbond substituents is 1. The Bertz CT molecular complexity index is 712. The Morgan fingerprint density at radius 3 is 2.72 bits per heavy atom. The summed E-state index contributed by atoms with van der Waals surface area (Å²) in [4.78, 5) is 14.9. The van der Waals surface area contributed by atoms with E-state index in [2.05, 4.69) is 12.1 Å². The highest BCUT2D eigenvalue weighted by molar-refractivity contribution is 5.97. The SMILES string of the molecule is COCC1CCCCN1C(=O)c1cc(Cc2ccccc2)ccc1O. The van der Waals surface area contributed by atoms with E-state index in [-0.39, 0.29) is 17.7 Å². The number of carbonyl (C=O) groups excluding carboxylic acids is 1. The first-order chi connectivity index (χ1) is 12.2. The zero-order valence-electron chi connectivity index (χ0n) is 14.6. The Balaban J connectivity index is 1.82. The van der Waals surface area contributed by atoms with Crippen LogP contribution in [0, 0.1) is 0 Å². The smallest absolute Gasteiger partial charge is 0.257 e. The van der Waals surface area contributed by atoms with Gasteiger partial charge in [-0.3, -0.25) is 4.79 Å². The molecule has 1 amide bonds. The first-order valence-corrected chi connectivity index (χ1v) is 8.85. The molecule has 4 nitrogen and oxygen atoms in total. The van der Waals surface area contributed by atoms with Crippen LogP contribution in [-0.2, 0) is 11.2 Å². The molecule has 1 N–H and O–H groups in total. The summed E-state index contributed by atoms with van der Waals surface area (Å²) in [6.07, 6.45) is 3.79. The number of likely N-dealkylation sites (tertiary alicyclic amines) is 1. The second-order valence-corrected chi connectivity index (χ2v) is 6.62. The zero-order valence-corrected chi connectivity index (χ0v) is 14.6. The maximum atomic E-state index is 13.0. The van der Waals surface area contributed by atoms with Gasteiger partial charge in [-0.05, 0) is 48.9 Å². The third kappa shape index (κ3) is 4.20. The van der Waals surface area contributed by atoms with E-state index < -0.39 is 0 Å². The topological polar surface area (TPSA) is 49.8 Å². The molecule has 1 saturated heterocycles. The van der Waals surface area contributed by atoms with E-state index in [1.165, 1.54) is 5.56 Å². The summed E-state index contributed by atoms with van der Waals surface area (Å²) in [5.74, 6) is -0.0577. The Labute approximate surface area is 149 Å². The lowest BCUT2D eigenvalue weighted by Gasteiger charge is -2.35. The van der Waals surface area contributed by atoms with Crippen LogP contribution in [0.25, 0.3) is 0 Å². The lowest BCUT2D eigenvalue weighted by molar-refractivity contribution is 0.0425. The Hall–Kier alpha value is -2.33. The van der Waals surface area contributed by atoms with Gasteiger partial charge >= 0.3 is 0 Å². The first kappa shape index (κ1) is 17.5. The number of hydrogen-bond acceptors (Lipinski definition) is 3. The molecule has 1 aliphatic rings. The monoisotopic (exact) mass is 339 g/mol. The second-order valence-electron chi connectivity index (χ2n) is 6.62. The van der Waals surface area contributed by atoms with Crippen LogP contribution in [0.5, 0.6) is 5.75 Å². The van der Waals surface area contributed by atoms with Gasteiger partial charge in [-0.2, -0.15) is 0 Å². The quantitative estimate of drug-likeness (QED) is 0.905. The molecule has 1 aliphatic heterocycles. The molecule has 1 atom stereocenters. The molecule has 1 fully saturated rings. The molecule has 0 saturated carbocycles. The van der Waals surface area contributed by atoms with Gasteiger partial charge in [0.1, 0.15) is 5.75 Å². The van der Waals surface area contributed by atoms with Crippen LogP contribution in [0.2, 0.25) is 0 Å². The summed E-state index contributed by atoms with van der Waals surface area (Å²) >= 11 is 0. The fourth-order valence-electron chi connectivity index (χ4n) is 3.48. The molecule has 1 heterocycles. The molecule has 0 aromatic heterocycles. The van der Waals surface area contributed by atoms with E-state index in [1.54, 1.807) is 13.2 Å². The van der Waals surface area contributed by atoms with Crippen LogP contribution in [0.15, 0.2) is 48.5 Å². The van der Waals surface area contributed by atoms with Crippen LogP contribution in [0.3, 0.4) is 0 Å². The van der Waals surface area contributed by atoms with Gasteiger partial charge < -0.3 is 14.7 Å². The third-order valence-electron chi connectivity index (χ3n) is 4.79. The number of amides is 1. The minimum Gasteiger partial charge on any atom is -0.507 e. The van der Waals surface area contributed by atoms with Gasteiger partial charge in [-0.1, -0.05) is 36.4 Å². The summed E-state index contributed by atoms with van der Waals surface area (Å²) in [6.45, 7) is 1.26. The van der Waals surface area contributed by atoms with Crippen LogP contribution in [0.1, 0.15) is 40.7 Å². The van der Waals surface area contributed by atoms with Crippen molar-refractivity contribution in [3.63, 3.8) is 0 Å². The van der Waals surface area contributed by atoms with E-state index in [4.69, 9.17) is 4.74 Å². The van der Waals surface area contributed by atoms with Crippen molar-refractivity contribution in [3.05, 3.63) is 65.2 Å². The molecule has 4 heteroatoms. The lowest BCUT2D eigenvalue weighted by Crippen LogP contribution is -2.46. The third-order valence-corrected chi connectivity index (χ3v) is 4.79. The summed E-state index contributed by atoms with van der Waals surface area (Å²) < 4.78 is 5.27. The predicted octanol–water partition coefficient (Wildman–Crippen LogP) is 3.62. The largest absolute Gasteiger partial charge is 0.507 e. The van der Waals surface area contributed by atoms with Gasteiger partial charge in [0.15, 0.2) is 0 Å². The predicted molar refractivity (Wildman–Crippen MR) is 97.9 cm³/mol. The minimum atomic E-state index is -0.103. The molecule has 1 unspecified atom stereocenters. The molecule has 2 aromatic rings. The van der Waals surface area contributed by atoms with Gasteiger partial charge in [0, 0.05) is 13.7 Å². The second kappa shape index (κ2) is 8.17. The van der Waals surface area contributed by atoms with E-state index in [0.717, 1.165) is 37.8 Å². The lowest BCUT2D eigenvalue weighted by atomic mass is 9.98. The minimum absolute atomic E-state index is 0.0450. The average Bonchev–Trinajstić information content (AvgIpc) is 2.64. The summed E-state index contributed by atoms with van der Waals surface area (Å²) in [7, 11) is 1.66. The van der Waals surface area contributed by atoms with E-state index in [0.29, 0.717) is 12.2 Å². The number of phenols is 1. The summed E-state index contributed by atoms with van der Waals surface area (Å²) in [5.41, 5.74) is 2.59. The van der Waals surface area contributed by atoms with Crippen LogP contribution in [0.4, 0.5) is 0 Å². The van der Waals surface area contributed by atoms with Gasteiger partial charge in [-0.15, -0.1) is 0 Å². The number of hydrogen-bond donors (Lipinski definition) is 1. The number of methoxy groups -OCH3 is 1. The molecule has 0 spiro atoms. The molecule has 132 valence electrons. The molecule has 0 aliphatic carbocycles. The molecule has 3 rings (SSSR count). The van der Waals surface area contributed by atoms with Crippen molar-refractivity contribution < 1.29 is 14.6 Å². The van der Waals surface area contributed by atoms with E-state index in [9.17, 15) is 9.90 Å². The van der Waals surface area contributed by atoms with Crippen molar-refractivity contribution in [1.82, 2.24) is 4.90 Å². The van der Waals surface area contributed by atoms with Crippen molar-refractivity contribution in [1.29, 1.82) is 0 Å². The van der Waals surface area contributed by atoms with Crippen LogP contribution in [-0.4, -0.2) is 42.2 Å². The van der Waals surface area contributed by atoms with Crippen molar-refractivity contribution >= 4 is 5.91 Å². The molecule has 25 heavy (non-hydrogen) atoms. The van der Waals surface area contributed by atoms with E-state index >= 15 is 0 Å². The molecule has 2 aromatic carbocycles. The highest BCUT2D eigenvalue weighted by Gasteiger charge is 2.28. The molecule has 0 radical (unpaired) electrons. The van der Waals surface area contributed by atoms with Crippen molar-refractivity contribution in [2.24, 2.45) is 0 Å². The highest BCUT2D eigenvalue weighted by Crippen LogP contribution is 2.26. The number of aromatic hydroxyl groups is 1. The summed E-state index contributed by atoms with van der Waals surface area (Å²) in [5, 5.41) is 10.2. The molecule has 0 bridgehead atoms. The Morgan fingerprint density at radius 1 is 1.16 bits per heavy atom. The summed E-state index contributed by atoms with van der Waals surface area (Å²) in [6, 6.07) is 15.5. The number of rotatable bonds is 5. The standard InChI is InChI=1S/C21H25NO3/c1-25-15-18-9-5-6-12-22(18)21(24)19-14-17(10-11-20(19)23)13-16-7-3-2-4-8-16/h2-4,7-8,10-11,14,18,23H,5-6,9,12-13,15H2,1H3. The fourth-order valence-corrected chi connectivity index (χ4v) is 3.48. The maximum Gasteiger partial charge on any atom is 0.257 e. The van der Waals surface area contributed by atoms with Gasteiger partial charge in [0.25, 0.3) is 5.91 Å². The van der Waals surface area contributed by atoms with Crippen molar-refractivity contribution in [3.8, 4) is 5.75 Å². The number of piperidine rings is 1. The molecular weight excluding hydrogens is 314 g/mol. The van der Waals surface area contributed by atoms with Gasteiger partial charge in [0.05, 0.1) is 18.2 Å². The van der Waals surface area contributed by atoms with Crippen LogP contribution < -0.4 is 0 Å². The highest BCUT2D eigenvalue weighted by atomic mass is 16.5. The maximum absolute atomic E-state index is 13.0.